The van der Waals surface area contributed by atoms with E-state index in [4.69, 9.17) is 5.11 Å². The molecule has 9 heavy (non-hydrogen) atoms. The van der Waals surface area contributed by atoms with Gasteiger partial charge in [-0.3, -0.25) is 0 Å². The first-order valence-electron chi connectivity index (χ1n) is 3.18. The van der Waals surface area contributed by atoms with Crippen molar-refractivity contribution < 1.29 is 13.9 Å². The molecule has 3 unspecified atom stereocenters. The van der Waals surface area contributed by atoms with E-state index in [1.807, 2.05) is 0 Å². The summed E-state index contributed by atoms with van der Waals surface area (Å²) in [5, 5.41) is 8.73. The summed E-state index contributed by atoms with van der Waals surface area (Å²) >= 11 is 0. The molecule has 0 amide bonds. The van der Waals surface area contributed by atoms with Crippen LogP contribution < -0.4 is 0 Å². The van der Waals surface area contributed by atoms with Gasteiger partial charge in [-0.25, -0.2) is 8.78 Å². The predicted molar refractivity (Wildman–Crippen MR) is 29.6 cm³/mol. The zero-order valence-corrected chi connectivity index (χ0v) is 5.06. The van der Waals surface area contributed by atoms with Gasteiger partial charge in [0.05, 0.1) is 6.10 Å². The van der Waals surface area contributed by atoms with E-state index in [0.29, 0.717) is 12.8 Å². The molecular weight excluding hydrogens is 126 g/mol. The summed E-state index contributed by atoms with van der Waals surface area (Å²) in [6.45, 7) is 0. The number of aliphatic hydroxyl groups excluding tert-OH is 1. The normalized spacial score (nSPS) is 45.0. The average Bonchev–Trinajstić information content (AvgIpc) is 1.83. The van der Waals surface area contributed by atoms with Crippen molar-refractivity contribution in [1.29, 1.82) is 0 Å². The highest BCUT2D eigenvalue weighted by Crippen LogP contribution is 2.23. The molecule has 0 aliphatic heterocycles. The van der Waals surface area contributed by atoms with Gasteiger partial charge in [0.15, 0.2) is 6.17 Å². The molecule has 3 heteroatoms. The lowest BCUT2D eigenvalue weighted by atomic mass is 9.94. The number of hydrogen-bond acceptors (Lipinski definition) is 1. The molecule has 0 saturated heterocycles. The molecule has 0 bridgehead atoms. The largest absolute Gasteiger partial charge is 0.390 e. The Balaban J connectivity index is 2.41. The summed E-state index contributed by atoms with van der Waals surface area (Å²) in [6, 6.07) is 0. The number of rotatable bonds is 0. The van der Waals surface area contributed by atoms with E-state index in [9.17, 15) is 8.78 Å². The van der Waals surface area contributed by atoms with E-state index in [2.05, 4.69) is 0 Å². The molecule has 54 valence electrons. The lowest BCUT2D eigenvalue weighted by molar-refractivity contribution is -0.00611. The van der Waals surface area contributed by atoms with Gasteiger partial charge >= 0.3 is 0 Å². The third-order valence-corrected chi connectivity index (χ3v) is 1.69. The summed E-state index contributed by atoms with van der Waals surface area (Å²) in [7, 11) is 0. The highest BCUT2D eigenvalue weighted by atomic mass is 19.2. The van der Waals surface area contributed by atoms with Crippen LogP contribution in [-0.2, 0) is 0 Å². The maximum atomic E-state index is 12.3. The van der Waals surface area contributed by atoms with E-state index in [1.54, 1.807) is 0 Å². The third-order valence-electron chi connectivity index (χ3n) is 1.69. The second kappa shape index (κ2) is 2.60. The van der Waals surface area contributed by atoms with E-state index < -0.39 is 18.4 Å². The number of alkyl halides is 2. The number of aliphatic hydroxyl groups is 1. The number of halogens is 2. The first-order chi connectivity index (χ1) is 4.22. The Morgan fingerprint density at radius 3 is 2.33 bits per heavy atom. The first kappa shape index (κ1) is 6.93. The van der Waals surface area contributed by atoms with Crippen LogP contribution in [0.25, 0.3) is 0 Å². The molecule has 1 fully saturated rings. The molecule has 0 aromatic heterocycles. The van der Waals surface area contributed by atoms with Crippen LogP contribution in [0.4, 0.5) is 8.78 Å². The van der Waals surface area contributed by atoms with E-state index in [0.717, 1.165) is 0 Å². The maximum Gasteiger partial charge on any atom is 0.157 e. The minimum Gasteiger partial charge on any atom is -0.390 e. The van der Waals surface area contributed by atoms with E-state index >= 15 is 0 Å². The van der Waals surface area contributed by atoms with Crippen LogP contribution in [0.2, 0.25) is 0 Å². The van der Waals surface area contributed by atoms with Gasteiger partial charge in [-0.1, -0.05) is 0 Å². The Morgan fingerprint density at radius 2 is 1.89 bits per heavy atom. The monoisotopic (exact) mass is 136 g/mol. The van der Waals surface area contributed by atoms with Crippen LogP contribution in [0.15, 0.2) is 0 Å². The topological polar surface area (TPSA) is 20.2 Å². The second-order valence-electron chi connectivity index (χ2n) is 2.46. The summed E-state index contributed by atoms with van der Waals surface area (Å²) in [4.78, 5) is 0. The van der Waals surface area contributed by atoms with Crippen molar-refractivity contribution in [3.05, 3.63) is 0 Å². The Labute approximate surface area is 52.7 Å². The molecule has 1 saturated carbocycles. The highest BCUT2D eigenvalue weighted by Gasteiger charge is 2.31. The van der Waals surface area contributed by atoms with Crippen molar-refractivity contribution in [2.24, 2.45) is 0 Å². The van der Waals surface area contributed by atoms with Gasteiger partial charge in [-0.2, -0.15) is 0 Å². The van der Waals surface area contributed by atoms with Crippen LogP contribution in [0.5, 0.6) is 0 Å². The molecule has 1 aliphatic carbocycles. The van der Waals surface area contributed by atoms with Crippen molar-refractivity contribution in [3.63, 3.8) is 0 Å². The predicted octanol–water partition coefficient (Wildman–Crippen LogP) is 1.21. The quantitative estimate of drug-likeness (QED) is 0.530. The molecule has 0 radical (unpaired) electrons. The van der Waals surface area contributed by atoms with Crippen LogP contribution in [-0.4, -0.2) is 23.6 Å². The number of hydrogen-bond donors (Lipinski definition) is 1. The van der Waals surface area contributed by atoms with Crippen LogP contribution in [0, 0.1) is 0 Å². The zero-order valence-electron chi connectivity index (χ0n) is 5.06. The lowest BCUT2D eigenvalue weighted by Gasteiger charge is -2.24. The van der Waals surface area contributed by atoms with E-state index in [1.165, 1.54) is 0 Å². The fraction of sp³-hybridized carbons (Fsp3) is 1.00. The molecular formula is C6H10F2O. The first-order valence-corrected chi connectivity index (χ1v) is 3.18. The van der Waals surface area contributed by atoms with Gasteiger partial charge < -0.3 is 5.11 Å². The van der Waals surface area contributed by atoms with Crippen LogP contribution in [0.3, 0.4) is 0 Å². The Bertz CT molecular complexity index is 87.1. The van der Waals surface area contributed by atoms with Crippen LogP contribution >= 0.6 is 0 Å². The molecule has 0 heterocycles. The van der Waals surface area contributed by atoms with Crippen molar-refractivity contribution in [3.8, 4) is 0 Å². The van der Waals surface area contributed by atoms with Gasteiger partial charge in [0.1, 0.15) is 6.17 Å². The van der Waals surface area contributed by atoms with E-state index in [-0.39, 0.29) is 6.42 Å². The summed E-state index contributed by atoms with van der Waals surface area (Å²) in [5.41, 5.74) is 0. The minimum atomic E-state index is -1.64. The SMILES string of the molecule is OC1CCCC(F)C1F. The van der Waals surface area contributed by atoms with Gasteiger partial charge in [0.2, 0.25) is 0 Å². The standard InChI is InChI=1S/C6H10F2O/c7-4-2-1-3-5(9)6(4)8/h4-6,9H,1-3H2. The maximum absolute atomic E-state index is 12.3. The molecule has 1 nitrogen and oxygen atoms in total. The van der Waals surface area contributed by atoms with Crippen LogP contribution in [0.1, 0.15) is 19.3 Å². The fourth-order valence-corrected chi connectivity index (χ4v) is 1.08. The van der Waals surface area contributed by atoms with Crippen molar-refractivity contribution in [1.82, 2.24) is 0 Å². The van der Waals surface area contributed by atoms with Gasteiger partial charge in [0.25, 0.3) is 0 Å². The van der Waals surface area contributed by atoms with Gasteiger partial charge in [-0.15, -0.1) is 0 Å². The Kier molecular flexibility index (Phi) is 2.01. The third kappa shape index (κ3) is 1.39. The van der Waals surface area contributed by atoms with Crippen molar-refractivity contribution >= 4 is 0 Å². The molecule has 3 atom stereocenters. The lowest BCUT2D eigenvalue weighted by Crippen LogP contribution is -2.35. The zero-order chi connectivity index (χ0) is 6.85. The van der Waals surface area contributed by atoms with Crippen molar-refractivity contribution in [2.45, 2.75) is 37.7 Å². The smallest absolute Gasteiger partial charge is 0.157 e. The van der Waals surface area contributed by atoms with Crippen molar-refractivity contribution in [2.75, 3.05) is 0 Å². The minimum absolute atomic E-state index is 0.262. The molecule has 1 rings (SSSR count). The summed E-state index contributed by atoms with van der Waals surface area (Å²) in [6.07, 6.45) is -2.87. The molecule has 1 N–H and O–H groups in total. The molecule has 0 spiro atoms. The molecule has 0 aromatic carbocycles. The molecule has 1 aliphatic rings. The van der Waals surface area contributed by atoms with Gasteiger partial charge in [0, 0.05) is 0 Å². The Morgan fingerprint density at radius 1 is 1.22 bits per heavy atom. The molecule has 0 aromatic rings. The summed E-state index contributed by atoms with van der Waals surface area (Å²) < 4.78 is 24.6. The second-order valence-corrected chi connectivity index (χ2v) is 2.46. The highest BCUT2D eigenvalue weighted by molar-refractivity contribution is 4.81. The average molecular weight is 136 g/mol. The Hall–Kier alpha value is -0.180. The fourth-order valence-electron chi connectivity index (χ4n) is 1.08. The van der Waals surface area contributed by atoms with Gasteiger partial charge in [-0.05, 0) is 19.3 Å². The summed E-state index contributed by atoms with van der Waals surface area (Å²) in [5.74, 6) is 0.